The zero-order chi connectivity index (χ0) is 15.6. The summed E-state index contributed by atoms with van der Waals surface area (Å²) < 4.78 is 0. The number of hydrogen-bond acceptors (Lipinski definition) is 4. The summed E-state index contributed by atoms with van der Waals surface area (Å²) in [4.78, 5) is 18.9. The van der Waals surface area contributed by atoms with E-state index in [4.69, 9.17) is 5.73 Å². The van der Waals surface area contributed by atoms with Crippen LogP contribution >= 0.6 is 23.7 Å². The number of thiazole rings is 1. The minimum absolute atomic E-state index is 0. The van der Waals surface area contributed by atoms with E-state index in [0.29, 0.717) is 11.8 Å². The van der Waals surface area contributed by atoms with Gasteiger partial charge in [-0.25, -0.2) is 4.98 Å². The monoisotopic (exact) mass is 367 g/mol. The lowest BCUT2D eigenvalue weighted by Crippen LogP contribution is -2.49. The van der Waals surface area contributed by atoms with Gasteiger partial charge in [-0.15, -0.1) is 23.7 Å². The van der Waals surface area contributed by atoms with Crippen molar-refractivity contribution in [3.05, 3.63) is 10.6 Å². The summed E-state index contributed by atoms with van der Waals surface area (Å²) in [5.74, 6) is 3.58. The zero-order valence-corrected chi connectivity index (χ0v) is 15.5. The molecular weight excluding hydrogens is 342 g/mol. The Morgan fingerprint density at radius 2 is 1.79 bits per heavy atom. The minimum atomic E-state index is 0. The van der Waals surface area contributed by atoms with Gasteiger partial charge in [-0.2, -0.15) is 0 Å². The summed E-state index contributed by atoms with van der Waals surface area (Å²) in [6.07, 6.45) is 9.47. The fraction of sp³-hybridized carbons (Fsp3) is 0.778. The first-order valence-corrected chi connectivity index (χ1v) is 10.0. The van der Waals surface area contributed by atoms with Gasteiger partial charge in [0.2, 0.25) is 5.91 Å². The highest BCUT2D eigenvalue weighted by molar-refractivity contribution is 7.15. The van der Waals surface area contributed by atoms with Gasteiger partial charge in [0.25, 0.3) is 0 Å². The van der Waals surface area contributed by atoms with E-state index in [2.05, 4.69) is 10.3 Å². The van der Waals surface area contributed by atoms with Crippen molar-refractivity contribution in [3.63, 3.8) is 0 Å². The van der Waals surface area contributed by atoms with Crippen LogP contribution in [0.5, 0.6) is 0 Å². The highest BCUT2D eigenvalue weighted by atomic mass is 35.5. The number of nitrogens with two attached hydrogens (primary N) is 1. The molecule has 0 radical (unpaired) electrons. The Morgan fingerprint density at radius 1 is 1.12 bits per heavy atom. The number of fused-ring (bicyclic) bond motifs is 1. The highest BCUT2D eigenvalue weighted by Gasteiger charge is 2.50. The molecule has 6 heteroatoms. The second kappa shape index (κ2) is 6.26. The first-order valence-electron chi connectivity index (χ1n) is 9.20. The Kier molecular flexibility index (Phi) is 4.38. The summed E-state index contributed by atoms with van der Waals surface area (Å²) in [5.41, 5.74) is 7.21. The molecule has 0 aliphatic heterocycles. The molecule has 0 spiro atoms. The Labute approximate surface area is 153 Å². The molecule has 1 atom stereocenters. The van der Waals surface area contributed by atoms with Crippen molar-refractivity contribution in [2.45, 2.75) is 57.4 Å². The largest absolute Gasteiger partial charge is 0.327 e. The number of nitrogens with zero attached hydrogens (tertiary/aromatic N) is 1. The van der Waals surface area contributed by atoms with Crippen LogP contribution in [0.25, 0.3) is 0 Å². The standard InChI is InChI=1S/C18H25N3OS.ClH/c19-13-1-2-14-15(8-13)23-18(20-14)21-17(22)16-11-4-9-3-10(6-11)7-12(16)5-9;/h9-13,16H,1-8,19H2,(H,20,21,22);1H/t9?,10?,11?,12?,13-,16?;/m0./s1. The second-order valence-electron chi connectivity index (χ2n) is 8.34. The number of aromatic nitrogens is 1. The van der Waals surface area contributed by atoms with E-state index in [1.54, 1.807) is 11.3 Å². The lowest BCUT2D eigenvalue weighted by molar-refractivity contribution is -0.132. The normalized spacial score (nSPS) is 39.2. The van der Waals surface area contributed by atoms with E-state index in [1.807, 2.05) is 0 Å². The quantitative estimate of drug-likeness (QED) is 0.841. The number of carbonyl (C=O) groups excluding carboxylic acids is 1. The predicted molar refractivity (Wildman–Crippen MR) is 98.5 cm³/mol. The fourth-order valence-electron chi connectivity index (χ4n) is 6.00. The molecule has 4 fully saturated rings. The molecule has 6 rings (SSSR count). The van der Waals surface area contributed by atoms with Crippen LogP contribution in [0.4, 0.5) is 5.13 Å². The van der Waals surface area contributed by atoms with Gasteiger partial charge in [0, 0.05) is 16.8 Å². The second-order valence-corrected chi connectivity index (χ2v) is 9.42. The maximum absolute atomic E-state index is 12.9. The number of nitrogens with one attached hydrogen (secondary N) is 1. The summed E-state index contributed by atoms with van der Waals surface area (Å²) in [7, 11) is 0. The molecule has 1 aromatic heterocycles. The van der Waals surface area contributed by atoms with Crippen molar-refractivity contribution in [2.24, 2.45) is 35.3 Å². The van der Waals surface area contributed by atoms with E-state index in [0.717, 1.165) is 41.9 Å². The topological polar surface area (TPSA) is 68.0 Å². The van der Waals surface area contributed by atoms with Gasteiger partial charge in [0.15, 0.2) is 5.13 Å². The van der Waals surface area contributed by atoms with Crippen molar-refractivity contribution in [1.29, 1.82) is 0 Å². The molecule has 1 aromatic rings. The number of hydrogen-bond donors (Lipinski definition) is 2. The van der Waals surface area contributed by atoms with Crippen molar-refractivity contribution in [3.8, 4) is 0 Å². The molecule has 24 heavy (non-hydrogen) atoms. The molecule has 0 aromatic carbocycles. The Bertz CT molecular complexity index is 618. The SMILES string of the molecule is Cl.N[C@H]1CCc2nc(NC(=O)C3C4CC5CC(C4)CC3C5)sc2C1. The average molecular weight is 368 g/mol. The smallest absolute Gasteiger partial charge is 0.229 e. The molecule has 0 unspecified atom stereocenters. The molecule has 3 N–H and O–H groups in total. The molecule has 0 saturated heterocycles. The van der Waals surface area contributed by atoms with Crippen LogP contribution in [0.1, 0.15) is 49.1 Å². The molecule has 1 heterocycles. The van der Waals surface area contributed by atoms with Crippen LogP contribution in [0.2, 0.25) is 0 Å². The number of carbonyl (C=O) groups is 1. The summed E-state index contributed by atoms with van der Waals surface area (Å²) in [6.45, 7) is 0. The number of aryl methyl sites for hydroxylation is 1. The molecule has 132 valence electrons. The number of amides is 1. The first kappa shape index (κ1) is 16.8. The van der Waals surface area contributed by atoms with Gasteiger partial charge in [0.1, 0.15) is 0 Å². The highest BCUT2D eigenvalue weighted by Crippen LogP contribution is 2.56. The third-order valence-electron chi connectivity index (χ3n) is 6.74. The van der Waals surface area contributed by atoms with E-state index >= 15 is 0 Å². The molecule has 5 aliphatic carbocycles. The van der Waals surface area contributed by atoms with Crippen LogP contribution < -0.4 is 11.1 Å². The van der Waals surface area contributed by atoms with E-state index in [9.17, 15) is 4.79 Å². The van der Waals surface area contributed by atoms with Crippen molar-refractivity contribution in [1.82, 2.24) is 4.98 Å². The Morgan fingerprint density at radius 3 is 2.46 bits per heavy atom. The first-order chi connectivity index (χ1) is 11.2. The summed E-state index contributed by atoms with van der Waals surface area (Å²) >= 11 is 1.65. The van der Waals surface area contributed by atoms with Gasteiger partial charge in [-0.1, -0.05) is 0 Å². The minimum Gasteiger partial charge on any atom is -0.327 e. The van der Waals surface area contributed by atoms with Gasteiger partial charge in [-0.05, 0) is 75.0 Å². The van der Waals surface area contributed by atoms with Gasteiger partial charge in [-0.3, -0.25) is 4.79 Å². The van der Waals surface area contributed by atoms with E-state index in [-0.39, 0.29) is 30.3 Å². The molecule has 4 bridgehead atoms. The summed E-state index contributed by atoms with van der Waals surface area (Å²) in [5, 5.41) is 3.98. The molecular formula is C18H26ClN3OS. The number of rotatable bonds is 2. The van der Waals surface area contributed by atoms with Crippen LogP contribution in [-0.2, 0) is 17.6 Å². The molecule has 4 saturated carbocycles. The van der Waals surface area contributed by atoms with Crippen molar-refractivity contribution >= 4 is 34.8 Å². The summed E-state index contributed by atoms with van der Waals surface area (Å²) in [6, 6.07) is 0.260. The number of anilines is 1. The third-order valence-corrected chi connectivity index (χ3v) is 7.77. The molecule has 5 aliphatic rings. The number of halogens is 1. The predicted octanol–water partition coefficient (Wildman–Crippen LogP) is 3.39. The van der Waals surface area contributed by atoms with Gasteiger partial charge < -0.3 is 11.1 Å². The maximum Gasteiger partial charge on any atom is 0.229 e. The van der Waals surface area contributed by atoms with Gasteiger partial charge >= 0.3 is 0 Å². The zero-order valence-electron chi connectivity index (χ0n) is 13.9. The molecule has 4 nitrogen and oxygen atoms in total. The lowest BCUT2D eigenvalue weighted by Gasteiger charge is -2.53. The van der Waals surface area contributed by atoms with Crippen LogP contribution in [0, 0.1) is 29.6 Å². The van der Waals surface area contributed by atoms with Crippen LogP contribution in [0.15, 0.2) is 0 Å². The van der Waals surface area contributed by atoms with Gasteiger partial charge in [0.05, 0.1) is 5.69 Å². The Hall–Kier alpha value is -0.650. The van der Waals surface area contributed by atoms with E-state index in [1.165, 1.54) is 37.0 Å². The fourth-order valence-corrected chi connectivity index (χ4v) is 7.10. The van der Waals surface area contributed by atoms with Crippen molar-refractivity contribution in [2.75, 3.05) is 5.32 Å². The third kappa shape index (κ3) is 2.78. The maximum atomic E-state index is 12.9. The lowest BCUT2D eigenvalue weighted by atomic mass is 9.51. The van der Waals surface area contributed by atoms with Crippen molar-refractivity contribution < 1.29 is 4.79 Å². The van der Waals surface area contributed by atoms with Crippen LogP contribution in [0.3, 0.4) is 0 Å². The Balaban J connectivity index is 0.00000146. The van der Waals surface area contributed by atoms with E-state index < -0.39 is 0 Å². The average Bonchev–Trinajstić information content (AvgIpc) is 2.87. The van der Waals surface area contributed by atoms with Crippen LogP contribution in [-0.4, -0.2) is 16.9 Å². The molecule has 1 amide bonds.